The van der Waals surface area contributed by atoms with Gasteiger partial charge in [-0.15, -0.1) is 0 Å². The third-order valence-electron chi connectivity index (χ3n) is 7.28. The molecule has 0 unspecified atom stereocenters. The number of aromatic nitrogens is 5. The van der Waals surface area contributed by atoms with Crippen molar-refractivity contribution in [1.82, 2.24) is 29.4 Å². The van der Waals surface area contributed by atoms with Crippen LogP contribution in [0.5, 0.6) is 5.88 Å². The number of hydrogen-bond donors (Lipinski definition) is 0. The minimum atomic E-state index is -4.65. The van der Waals surface area contributed by atoms with E-state index in [0.29, 0.717) is 28.0 Å². The molecule has 0 aliphatic carbocycles. The second kappa shape index (κ2) is 10.7. The van der Waals surface area contributed by atoms with Gasteiger partial charge in [-0.3, -0.25) is 4.79 Å². The van der Waals surface area contributed by atoms with Crippen molar-refractivity contribution in [2.24, 2.45) is 7.05 Å². The lowest BCUT2D eigenvalue weighted by molar-refractivity contribution is -0.142. The van der Waals surface area contributed by atoms with Gasteiger partial charge < -0.3 is 14.2 Å². The summed E-state index contributed by atoms with van der Waals surface area (Å²) in [7, 11) is 3.39. The minimum absolute atomic E-state index is 0.00990. The molecule has 1 aliphatic rings. The van der Waals surface area contributed by atoms with Crippen LogP contribution < -0.4 is 4.74 Å². The maximum atomic E-state index is 14.0. The van der Waals surface area contributed by atoms with Crippen molar-refractivity contribution in [2.75, 3.05) is 13.7 Å². The molecule has 3 aromatic heterocycles. The molecule has 0 fully saturated rings. The highest BCUT2D eigenvalue weighted by Crippen LogP contribution is 2.38. The summed E-state index contributed by atoms with van der Waals surface area (Å²) in [5.41, 5.74) is 2.77. The van der Waals surface area contributed by atoms with Crippen molar-refractivity contribution >= 4 is 23.0 Å². The molecule has 6 rings (SSSR count). The normalized spacial score (nSPS) is 13.5. The van der Waals surface area contributed by atoms with E-state index in [1.807, 2.05) is 41.9 Å². The third-order valence-corrected chi connectivity index (χ3v) is 7.28. The van der Waals surface area contributed by atoms with E-state index >= 15 is 0 Å². The smallest absolute Gasteiger partial charge is 0.433 e. The zero-order valence-corrected chi connectivity index (χ0v) is 22.8. The molecular formula is C31H25F3N6O2. The van der Waals surface area contributed by atoms with Crippen molar-refractivity contribution in [3.63, 3.8) is 0 Å². The van der Waals surface area contributed by atoms with Crippen LogP contribution in [0.1, 0.15) is 22.5 Å². The van der Waals surface area contributed by atoms with Crippen LogP contribution in [0, 0.1) is 0 Å². The zero-order valence-electron chi connectivity index (χ0n) is 22.8. The molecule has 0 saturated heterocycles. The van der Waals surface area contributed by atoms with E-state index in [4.69, 9.17) is 4.74 Å². The van der Waals surface area contributed by atoms with Gasteiger partial charge in [0.05, 0.1) is 30.4 Å². The Morgan fingerprint density at radius 1 is 0.976 bits per heavy atom. The van der Waals surface area contributed by atoms with Gasteiger partial charge in [0.2, 0.25) is 11.8 Å². The molecule has 1 amide bonds. The molecule has 4 heterocycles. The zero-order chi connectivity index (χ0) is 29.4. The molecule has 5 aromatic rings. The minimum Gasteiger partial charge on any atom is -0.480 e. The molecule has 0 spiro atoms. The van der Waals surface area contributed by atoms with E-state index in [-0.39, 0.29) is 42.5 Å². The fraction of sp³-hybridized carbons (Fsp3) is 0.194. The van der Waals surface area contributed by atoms with Crippen LogP contribution in [-0.2, 0) is 31.0 Å². The lowest BCUT2D eigenvalue weighted by atomic mass is 10.0. The van der Waals surface area contributed by atoms with E-state index in [1.54, 1.807) is 36.4 Å². The highest BCUT2D eigenvalue weighted by atomic mass is 19.4. The summed E-state index contributed by atoms with van der Waals surface area (Å²) in [6, 6.07) is 18.2. The topological polar surface area (TPSA) is 86.0 Å². The number of halogens is 3. The first kappa shape index (κ1) is 27.1. The SMILES string of the molecule is COc1ncnc2c1c(/C=C/C(=O)N1CCc3c(nc(-c4ccccc4)nc3C(F)(F)F)C1)c(-c1ccccc1)n2C. The first-order valence-corrected chi connectivity index (χ1v) is 13.2. The number of alkyl halides is 3. The van der Waals surface area contributed by atoms with Crippen molar-refractivity contribution in [3.8, 4) is 28.5 Å². The van der Waals surface area contributed by atoms with Crippen LogP contribution in [0.15, 0.2) is 73.1 Å². The predicted octanol–water partition coefficient (Wildman–Crippen LogP) is 5.72. The second-order valence-corrected chi connectivity index (χ2v) is 9.80. The van der Waals surface area contributed by atoms with E-state index in [1.165, 1.54) is 24.4 Å². The summed E-state index contributed by atoms with van der Waals surface area (Å²) in [5.74, 6) is -0.0237. The Hall–Kier alpha value is -5.06. The average Bonchev–Trinajstić information content (AvgIpc) is 3.30. The van der Waals surface area contributed by atoms with Gasteiger partial charge in [-0.05, 0) is 18.1 Å². The molecule has 0 saturated carbocycles. The molecule has 2 aromatic carbocycles. The second-order valence-electron chi connectivity index (χ2n) is 9.80. The Labute approximate surface area is 239 Å². The van der Waals surface area contributed by atoms with Crippen molar-refractivity contribution in [1.29, 1.82) is 0 Å². The van der Waals surface area contributed by atoms with Gasteiger partial charge in [-0.25, -0.2) is 19.9 Å². The van der Waals surface area contributed by atoms with Crippen LogP contribution in [0.3, 0.4) is 0 Å². The van der Waals surface area contributed by atoms with E-state index in [0.717, 1.165) is 11.3 Å². The molecule has 42 heavy (non-hydrogen) atoms. The number of carbonyl (C=O) groups is 1. The van der Waals surface area contributed by atoms with Crippen LogP contribution in [0.4, 0.5) is 13.2 Å². The summed E-state index contributed by atoms with van der Waals surface area (Å²) < 4.78 is 49.4. The molecular weight excluding hydrogens is 545 g/mol. The maximum Gasteiger partial charge on any atom is 0.433 e. The summed E-state index contributed by atoms with van der Waals surface area (Å²) in [5, 5.41) is 0.643. The summed E-state index contributed by atoms with van der Waals surface area (Å²) in [4.78, 5) is 32.0. The molecule has 0 N–H and O–H groups in total. The number of fused-ring (bicyclic) bond motifs is 2. The highest BCUT2D eigenvalue weighted by molar-refractivity contribution is 6.02. The molecule has 0 atom stereocenters. The first-order chi connectivity index (χ1) is 20.3. The molecule has 0 radical (unpaired) electrons. The van der Waals surface area contributed by atoms with Gasteiger partial charge in [-0.2, -0.15) is 13.2 Å². The average molecular weight is 571 g/mol. The van der Waals surface area contributed by atoms with Gasteiger partial charge in [0.15, 0.2) is 11.5 Å². The molecule has 212 valence electrons. The summed E-state index contributed by atoms with van der Waals surface area (Å²) >= 11 is 0. The van der Waals surface area contributed by atoms with Crippen molar-refractivity contribution < 1.29 is 22.7 Å². The number of carbonyl (C=O) groups excluding carboxylic acids is 1. The van der Waals surface area contributed by atoms with Gasteiger partial charge >= 0.3 is 6.18 Å². The third kappa shape index (κ3) is 4.87. The van der Waals surface area contributed by atoms with Crippen molar-refractivity contribution in [3.05, 3.63) is 95.6 Å². The highest BCUT2D eigenvalue weighted by Gasteiger charge is 2.39. The van der Waals surface area contributed by atoms with Gasteiger partial charge in [0, 0.05) is 36.4 Å². The number of hydrogen-bond acceptors (Lipinski definition) is 6. The number of ether oxygens (including phenoxy) is 1. The lowest BCUT2D eigenvalue weighted by Gasteiger charge is -2.29. The quantitative estimate of drug-likeness (QED) is 0.252. The number of amides is 1. The van der Waals surface area contributed by atoms with Crippen LogP contribution >= 0.6 is 0 Å². The Bertz CT molecular complexity index is 1820. The van der Waals surface area contributed by atoms with Crippen LogP contribution in [-0.4, -0.2) is 49.0 Å². The molecule has 0 bridgehead atoms. The van der Waals surface area contributed by atoms with Crippen LogP contribution in [0.25, 0.3) is 39.8 Å². The Morgan fingerprint density at radius 2 is 1.67 bits per heavy atom. The number of aryl methyl sites for hydroxylation is 1. The fourth-order valence-corrected chi connectivity index (χ4v) is 5.35. The van der Waals surface area contributed by atoms with Gasteiger partial charge in [0.25, 0.3) is 0 Å². The number of benzene rings is 2. The number of rotatable bonds is 5. The standard InChI is InChI=1S/C31H25F3N6O2/c1-39-26(19-9-5-3-6-10-19)22(25-29(39)35-18-36-30(25)42-2)13-14-24(41)40-16-15-21-23(17-40)37-28(20-11-7-4-8-12-20)38-27(21)31(32,33)34/h3-14,18H,15-17H2,1-2H3/b14-13+. The van der Waals surface area contributed by atoms with Crippen LogP contribution in [0.2, 0.25) is 0 Å². The van der Waals surface area contributed by atoms with E-state index < -0.39 is 11.9 Å². The summed E-state index contributed by atoms with van der Waals surface area (Å²) in [6.07, 6.45) is -0.135. The molecule has 8 nitrogen and oxygen atoms in total. The molecule has 1 aliphatic heterocycles. The maximum absolute atomic E-state index is 14.0. The monoisotopic (exact) mass is 570 g/mol. The first-order valence-electron chi connectivity index (χ1n) is 13.2. The van der Waals surface area contributed by atoms with Gasteiger partial charge in [0.1, 0.15) is 12.0 Å². The molecule has 11 heteroatoms. The van der Waals surface area contributed by atoms with E-state index in [2.05, 4.69) is 19.9 Å². The Kier molecular flexibility index (Phi) is 6.93. The summed E-state index contributed by atoms with van der Waals surface area (Å²) in [6.45, 7) is 0.0261. The predicted molar refractivity (Wildman–Crippen MR) is 151 cm³/mol. The number of nitrogens with zero attached hydrogens (tertiary/aromatic N) is 6. The Morgan fingerprint density at radius 3 is 2.33 bits per heavy atom. The largest absolute Gasteiger partial charge is 0.480 e. The van der Waals surface area contributed by atoms with Gasteiger partial charge in [-0.1, -0.05) is 60.7 Å². The Balaban J connectivity index is 1.38. The fourth-order valence-electron chi connectivity index (χ4n) is 5.35. The lowest BCUT2D eigenvalue weighted by Crippen LogP contribution is -2.37. The number of methoxy groups -OCH3 is 1. The van der Waals surface area contributed by atoms with Crippen molar-refractivity contribution in [2.45, 2.75) is 19.1 Å². The van der Waals surface area contributed by atoms with E-state index in [9.17, 15) is 18.0 Å².